The van der Waals surface area contributed by atoms with Crippen LogP contribution in [0, 0.1) is 11.8 Å². The normalized spacial score (nSPS) is 28.1. The third kappa shape index (κ3) is 4.85. The highest BCUT2D eigenvalue weighted by molar-refractivity contribution is 5.74. The Bertz CT molecular complexity index is 360. The number of urea groups is 1. The van der Waals surface area contributed by atoms with Crippen LogP contribution in [-0.2, 0) is 0 Å². The summed E-state index contributed by atoms with van der Waals surface area (Å²) in [4.78, 5) is 16.7. The number of hydrogen-bond acceptors (Lipinski definition) is 3. The quantitative estimate of drug-likeness (QED) is 0.815. The first kappa shape index (κ1) is 17.5. The van der Waals surface area contributed by atoms with Crippen molar-refractivity contribution in [1.82, 2.24) is 15.1 Å². The fourth-order valence-electron chi connectivity index (χ4n) is 3.68. The van der Waals surface area contributed by atoms with Crippen molar-refractivity contribution in [3.63, 3.8) is 0 Å². The molecule has 2 aliphatic heterocycles. The van der Waals surface area contributed by atoms with Gasteiger partial charge in [-0.3, -0.25) is 4.90 Å². The Labute approximate surface area is 135 Å². The van der Waals surface area contributed by atoms with Crippen molar-refractivity contribution < 1.29 is 9.90 Å². The third-order valence-electron chi connectivity index (χ3n) is 5.03. The smallest absolute Gasteiger partial charge is 0.317 e. The summed E-state index contributed by atoms with van der Waals surface area (Å²) >= 11 is 0. The minimum atomic E-state index is -0.322. The van der Waals surface area contributed by atoms with Gasteiger partial charge in [0.1, 0.15) is 0 Å². The van der Waals surface area contributed by atoms with Crippen molar-refractivity contribution in [1.29, 1.82) is 0 Å². The number of hydrogen-bond donors (Lipinski definition) is 2. The molecule has 2 amide bonds. The molecule has 0 radical (unpaired) electrons. The van der Waals surface area contributed by atoms with Crippen LogP contribution in [0.4, 0.5) is 4.79 Å². The van der Waals surface area contributed by atoms with E-state index < -0.39 is 0 Å². The summed E-state index contributed by atoms with van der Waals surface area (Å²) in [6.45, 7) is 10.8. The molecule has 128 valence electrons. The molecule has 0 aromatic heterocycles. The topological polar surface area (TPSA) is 55.8 Å². The average Bonchev–Trinajstić information content (AvgIpc) is 2.95. The van der Waals surface area contributed by atoms with E-state index in [1.54, 1.807) is 0 Å². The fraction of sp³-hybridized carbons (Fsp3) is 0.941. The summed E-state index contributed by atoms with van der Waals surface area (Å²) in [5.41, 5.74) is 0. The Balaban J connectivity index is 1.77. The summed E-state index contributed by atoms with van der Waals surface area (Å²) in [5, 5.41) is 12.8. The molecule has 2 N–H and O–H groups in total. The maximum atomic E-state index is 12.3. The van der Waals surface area contributed by atoms with Crippen LogP contribution in [0.3, 0.4) is 0 Å². The molecule has 0 saturated carbocycles. The van der Waals surface area contributed by atoms with Crippen molar-refractivity contribution in [2.45, 2.75) is 58.6 Å². The maximum absolute atomic E-state index is 12.3. The number of nitrogens with one attached hydrogen (secondary N) is 1. The van der Waals surface area contributed by atoms with E-state index in [4.69, 9.17) is 0 Å². The summed E-state index contributed by atoms with van der Waals surface area (Å²) in [6.07, 6.45) is 4.32. The lowest BCUT2D eigenvalue weighted by Gasteiger charge is -2.37. The number of aliphatic hydroxyl groups is 1. The first-order chi connectivity index (χ1) is 10.5. The fourth-order valence-corrected chi connectivity index (χ4v) is 3.68. The molecule has 2 rings (SSSR count). The molecule has 5 nitrogen and oxygen atoms in total. The van der Waals surface area contributed by atoms with Crippen LogP contribution in [-0.4, -0.2) is 65.8 Å². The second kappa shape index (κ2) is 8.16. The summed E-state index contributed by atoms with van der Waals surface area (Å²) in [6, 6.07) is 0.522. The van der Waals surface area contributed by atoms with E-state index in [2.05, 4.69) is 24.1 Å². The molecule has 0 aliphatic carbocycles. The number of carbonyl (C=O) groups is 1. The minimum Gasteiger partial charge on any atom is -0.393 e. The van der Waals surface area contributed by atoms with Gasteiger partial charge in [0.05, 0.1) is 6.10 Å². The molecule has 2 heterocycles. The number of rotatable bonds is 5. The van der Waals surface area contributed by atoms with Gasteiger partial charge in [0.25, 0.3) is 0 Å². The molecule has 3 atom stereocenters. The Hall–Kier alpha value is -0.810. The zero-order valence-corrected chi connectivity index (χ0v) is 14.4. The second-order valence-electron chi connectivity index (χ2n) is 7.46. The van der Waals surface area contributed by atoms with E-state index in [0.717, 1.165) is 32.6 Å². The van der Waals surface area contributed by atoms with Crippen LogP contribution >= 0.6 is 0 Å². The van der Waals surface area contributed by atoms with Crippen molar-refractivity contribution in [2.24, 2.45) is 11.8 Å². The van der Waals surface area contributed by atoms with E-state index in [0.29, 0.717) is 18.5 Å². The largest absolute Gasteiger partial charge is 0.393 e. The van der Waals surface area contributed by atoms with Crippen LogP contribution in [0.25, 0.3) is 0 Å². The predicted molar refractivity (Wildman–Crippen MR) is 88.8 cm³/mol. The van der Waals surface area contributed by atoms with Gasteiger partial charge in [-0.15, -0.1) is 0 Å². The predicted octanol–water partition coefficient (Wildman–Crippen LogP) is 1.91. The van der Waals surface area contributed by atoms with Crippen LogP contribution in [0.5, 0.6) is 0 Å². The summed E-state index contributed by atoms with van der Waals surface area (Å²) < 4.78 is 0. The second-order valence-corrected chi connectivity index (χ2v) is 7.46. The monoisotopic (exact) mass is 311 g/mol. The highest BCUT2D eigenvalue weighted by atomic mass is 16.3. The van der Waals surface area contributed by atoms with Gasteiger partial charge in [-0.2, -0.15) is 0 Å². The van der Waals surface area contributed by atoms with E-state index in [-0.39, 0.29) is 18.1 Å². The van der Waals surface area contributed by atoms with E-state index >= 15 is 0 Å². The summed E-state index contributed by atoms with van der Waals surface area (Å²) in [5.74, 6) is 0.902. The Morgan fingerprint density at radius 2 is 2.00 bits per heavy atom. The zero-order valence-electron chi connectivity index (χ0n) is 14.4. The molecular formula is C17H33N3O2. The molecule has 2 saturated heterocycles. The van der Waals surface area contributed by atoms with Gasteiger partial charge >= 0.3 is 6.03 Å². The van der Waals surface area contributed by atoms with Crippen molar-refractivity contribution >= 4 is 6.03 Å². The molecule has 5 heteroatoms. The lowest BCUT2D eigenvalue weighted by molar-refractivity contribution is 0.123. The van der Waals surface area contributed by atoms with Gasteiger partial charge in [-0.1, -0.05) is 20.3 Å². The third-order valence-corrected chi connectivity index (χ3v) is 5.03. The van der Waals surface area contributed by atoms with Crippen LogP contribution in [0.2, 0.25) is 0 Å². The molecule has 2 aliphatic rings. The van der Waals surface area contributed by atoms with Gasteiger partial charge in [-0.25, -0.2) is 4.79 Å². The standard InChI is InChI=1S/C17H33N3O2/c1-13(2)11-19-8-5-4-6-16(19)10-18-17(22)20-9-7-15(12-20)14(3)21/h13-16,21H,4-12H2,1-3H3,(H,18,22)/t14-,15+,16-/m1/s1. The lowest BCUT2D eigenvalue weighted by atomic mass is 10.0. The Kier molecular flexibility index (Phi) is 6.50. The van der Waals surface area contributed by atoms with Gasteiger partial charge in [0, 0.05) is 38.1 Å². The van der Waals surface area contributed by atoms with Gasteiger partial charge in [-0.05, 0) is 38.6 Å². The Morgan fingerprint density at radius 3 is 2.64 bits per heavy atom. The van der Waals surface area contributed by atoms with Crippen LogP contribution < -0.4 is 5.32 Å². The number of nitrogens with zero attached hydrogens (tertiary/aromatic N) is 2. The van der Waals surface area contributed by atoms with Crippen LogP contribution in [0.15, 0.2) is 0 Å². The van der Waals surface area contributed by atoms with Crippen LogP contribution in [0.1, 0.15) is 46.5 Å². The minimum absolute atomic E-state index is 0.0400. The average molecular weight is 311 g/mol. The van der Waals surface area contributed by atoms with Crippen molar-refractivity contribution in [3.05, 3.63) is 0 Å². The molecule has 0 aromatic rings. The molecular weight excluding hydrogens is 278 g/mol. The van der Waals surface area contributed by atoms with E-state index in [9.17, 15) is 9.90 Å². The number of likely N-dealkylation sites (tertiary alicyclic amines) is 2. The van der Waals surface area contributed by atoms with Crippen molar-refractivity contribution in [2.75, 3.05) is 32.7 Å². The SMILES string of the molecule is CC(C)CN1CCCC[C@@H]1CNC(=O)N1CC[C@H]([C@@H](C)O)C1. The number of amides is 2. The molecule has 2 fully saturated rings. The highest BCUT2D eigenvalue weighted by Crippen LogP contribution is 2.20. The van der Waals surface area contributed by atoms with Gasteiger partial charge < -0.3 is 15.3 Å². The molecule has 0 bridgehead atoms. The molecule has 0 aromatic carbocycles. The number of piperidine rings is 1. The molecule has 0 spiro atoms. The van der Waals surface area contributed by atoms with Gasteiger partial charge in [0.15, 0.2) is 0 Å². The summed E-state index contributed by atoms with van der Waals surface area (Å²) in [7, 11) is 0. The highest BCUT2D eigenvalue weighted by Gasteiger charge is 2.30. The molecule has 22 heavy (non-hydrogen) atoms. The zero-order chi connectivity index (χ0) is 16.1. The number of carbonyl (C=O) groups excluding carboxylic acids is 1. The maximum Gasteiger partial charge on any atom is 0.317 e. The van der Waals surface area contributed by atoms with Gasteiger partial charge in [0.2, 0.25) is 0 Å². The first-order valence-corrected chi connectivity index (χ1v) is 8.92. The number of aliphatic hydroxyl groups excluding tert-OH is 1. The van der Waals surface area contributed by atoms with E-state index in [1.165, 1.54) is 19.3 Å². The Morgan fingerprint density at radius 1 is 1.23 bits per heavy atom. The van der Waals surface area contributed by atoms with E-state index in [1.807, 2.05) is 11.8 Å². The van der Waals surface area contributed by atoms with Crippen molar-refractivity contribution in [3.8, 4) is 0 Å². The first-order valence-electron chi connectivity index (χ1n) is 8.92. The lowest BCUT2D eigenvalue weighted by Crippen LogP contribution is -2.50. The molecule has 0 unspecified atom stereocenters.